The molecule has 4 nitrogen and oxygen atoms in total. The van der Waals surface area contributed by atoms with Crippen molar-refractivity contribution in [1.82, 2.24) is 5.43 Å². The van der Waals surface area contributed by atoms with E-state index in [9.17, 15) is 26.7 Å². The third-order valence-electron chi connectivity index (χ3n) is 4.95. The van der Waals surface area contributed by atoms with Crippen molar-refractivity contribution >= 4 is 12.1 Å². The van der Waals surface area contributed by atoms with Crippen molar-refractivity contribution in [3.63, 3.8) is 0 Å². The van der Waals surface area contributed by atoms with Crippen LogP contribution in [0.1, 0.15) is 47.8 Å². The number of hydrazone groups is 1. The zero-order chi connectivity index (χ0) is 25.0. The third-order valence-corrected chi connectivity index (χ3v) is 4.95. The first-order valence-corrected chi connectivity index (χ1v) is 10.2. The van der Waals surface area contributed by atoms with E-state index in [4.69, 9.17) is 4.74 Å². The molecule has 0 fully saturated rings. The Labute approximate surface area is 193 Å². The van der Waals surface area contributed by atoms with Crippen LogP contribution < -0.4 is 10.2 Å². The van der Waals surface area contributed by atoms with Gasteiger partial charge in [0.15, 0.2) is 23.3 Å². The second-order valence-electron chi connectivity index (χ2n) is 8.44. The largest absolute Gasteiger partial charge is 0.489 e. The number of hydrogen-bond donors (Lipinski definition) is 1. The molecule has 3 aromatic carbocycles. The Bertz CT molecular complexity index is 1190. The van der Waals surface area contributed by atoms with Crippen LogP contribution in [0, 0.1) is 29.1 Å². The lowest BCUT2D eigenvalue weighted by Crippen LogP contribution is -2.18. The number of carbonyl (C=O) groups excluding carboxylic acids is 1. The van der Waals surface area contributed by atoms with Crippen LogP contribution in [0.2, 0.25) is 0 Å². The van der Waals surface area contributed by atoms with Gasteiger partial charge in [0.05, 0.1) is 11.8 Å². The minimum atomic E-state index is -2.28. The Kier molecular flexibility index (Phi) is 7.34. The number of carbonyl (C=O) groups is 1. The van der Waals surface area contributed by atoms with Gasteiger partial charge in [0, 0.05) is 5.56 Å². The molecule has 3 rings (SSSR count). The van der Waals surface area contributed by atoms with Crippen LogP contribution in [0.5, 0.6) is 5.75 Å². The molecule has 0 saturated carbocycles. The van der Waals surface area contributed by atoms with Gasteiger partial charge in [-0.3, -0.25) is 4.79 Å². The van der Waals surface area contributed by atoms with Gasteiger partial charge in [-0.05, 0) is 40.8 Å². The molecule has 0 aliphatic heterocycles. The fourth-order valence-electron chi connectivity index (χ4n) is 2.93. The highest BCUT2D eigenvalue weighted by Crippen LogP contribution is 2.25. The molecule has 0 unspecified atom stereocenters. The molecule has 34 heavy (non-hydrogen) atoms. The van der Waals surface area contributed by atoms with Crippen LogP contribution in [-0.2, 0) is 12.0 Å². The summed E-state index contributed by atoms with van der Waals surface area (Å²) in [6, 6.07) is 14.0. The number of rotatable bonds is 6. The molecule has 9 heteroatoms. The van der Waals surface area contributed by atoms with E-state index in [1.54, 1.807) is 12.1 Å². The quantitative estimate of drug-likeness (QED) is 0.155. The van der Waals surface area contributed by atoms with Crippen molar-refractivity contribution in [2.24, 2.45) is 5.10 Å². The first kappa shape index (κ1) is 24.9. The molecule has 0 spiro atoms. The maximum Gasteiger partial charge on any atom is 0.271 e. The van der Waals surface area contributed by atoms with Gasteiger partial charge in [-0.2, -0.15) is 5.10 Å². The monoisotopic (exact) mass is 476 g/mol. The highest BCUT2D eigenvalue weighted by Gasteiger charge is 2.24. The van der Waals surface area contributed by atoms with Crippen LogP contribution in [0.4, 0.5) is 22.0 Å². The summed E-state index contributed by atoms with van der Waals surface area (Å²) < 4.78 is 72.5. The van der Waals surface area contributed by atoms with Gasteiger partial charge in [-0.25, -0.2) is 27.4 Å². The van der Waals surface area contributed by atoms with Crippen molar-refractivity contribution in [2.75, 3.05) is 0 Å². The topological polar surface area (TPSA) is 50.7 Å². The summed E-state index contributed by atoms with van der Waals surface area (Å²) in [6.45, 7) is 6.61. The van der Waals surface area contributed by atoms with E-state index in [0.29, 0.717) is 12.0 Å². The molecule has 0 heterocycles. The molecule has 1 amide bonds. The maximum absolute atomic E-state index is 13.6. The fourth-order valence-corrected chi connectivity index (χ4v) is 2.93. The van der Waals surface area contributed by atoms with Crippen LogP contribution >= 0.6 is 0 Å². The van der Waals surface area contributed by atoms with Crippen molar-refractivity contribution in [3.05, 3.63) is 99.9 Å². The van der Waals surface area contributed by atoms with Crippen LogP contribution in [0.3, 0.4) is 0 Å². The van der Waals surface area contributed by atoms with Gasteiger partial charge in [0.2, 0.25) is 5.82 Å². The van der Waals surface area contributed by atoms with Crippen LogP contribution in [-0.4, -0.2) is 12.1 Å². The first-order chi connectivity index (χ1) is 16.0. The van der Waals surface area contributed by atoms with E-state index in [1.807, 2.05) is 29.7 Å². The molecule has 0 saturated heterocycles. The highest BCUT2D eigenvalue weighted by molar-refractivity contribution is 5.94. The van der Waals surface area contributed by atoms with Crippen molar-refractivity contribution in [1.29, 1.82) is 0 Å². The van der Waals surface area contributed by atoms with E-state index in [-0.39, 0.29) is 17.6 Å². The molecule has 3 aromatic rings. The summed E-state index contributed by atoms with van der Waals surface area (Å²) in [4.78, 5) is 12.1. The molecule has 0 aliphatic rings. The van der Waals surface area contributed by atoms with Crippen LogP contribution in [0.15, 0.2) is 53.6 Å². The van der Waals surface area contributed by atoms with Crippen molar-refractivity contribution in [3.8, 4) is 5.75 Å². The fraction of sp³-hybridized carbons (Fsp3) is 0.200. The van der Waals surface area contributed by atoms with E-state index in [2.05, 4.69) is 25.9 Å². The number of ether oxygens (including phenoxy) is 1. The molecule has 178 valence electrons. The normalized spacial score (nSPS) is 11.6. The van der Waals surface area contributed by atoms with Gasteiger partial charge < -0.3 is 4.74 Å². The molecular weight excluding hydrogens is 455 g/mol. The molecule has 0 radical (unpaired) electrons. The summed E-state index contributed by atoms with van der Waals surface area (Å²) in [6.07, 6.45) is 0.349. The van der Waals surface area contributed by atoms with Gasteiger partial charge in [0.25, 0.3) is 5.91 Å². The standard InChI is InChI=1S/C25H21F5N2O2/c1-25(2,3)16-8-10-17(11-9-16)34-13-14-4-6-15(7-5-14)24(33)32-31-12-18-19(26)21(28)23(30)22(29)20(18)27/h4-12H,13H2,1-3H3,(H,32,33)/b31-12+. The minimum Gasteiger partial charge on any atom is -0.489 e. The van der Waals surface area contributed by atoms with Gasteiger partial charge in [-0.15, -0.1) is 0 Å². The molecule has 1 N–H and O–H groups in total. The van der Waals surface area contributed by atoms with Gasteiger partial charge in [0.1, 0.15) is 12.4 Å². The predicted octanol–water partition coefficient (Wildman–Crippen LogP) is 6.02. The number of nitrogens with zero attached hydrogens (tertiary/aromatic N) is 1. The van der Waals surface area contributed by atoms with Crippen LogP contribution in [0.25, 0.3) is 0 Å². The lowest BCUT2D eigenvalue weighted by atomic mass is 9.87. The molecule has 0 aliphatic carbocycles. The van der Waals surface area contributed by atoms with Gasteiger partial charge in [-0.1, -0.05) is 45.0 Å². The average Bonchev–Trinajstić information content (AvgIpc) is 2.82. The van der Waals surface area contributed by atoms with Crippen molar-refractivity contribution < 1.29 is 31.5 Å². The van der Waals surface area contributed by atoms with E-state index < -0.39 is 40.6 Å². The molecule has 0 aromatic heterocycles. The molecule has 0 bridgehead atoms. The zero-order valence-electron chi connectivity index (χ0n) is 18.6. The lowest BCUT2D eigenvalue weighted by molar-refractivity contribution is 0.0955. The number of halogens is 5. The number of nitrogens with one attached hydrogen (secondary N) is 1. The summed E-state index contributed by atoms with van der Waals surface area (Å²) in [7, 11) is 0. The Morgan fingerprint density at radius 3 is 1.91 bits per heavy atom. The average molecular weight is 476 g/mol. The number of hydrogen-bond acceptors (Lipinski definition) is 3. The smallest absolute Gasteiger partial charge is 0.271 e. The lowest BCUT2D eigenvalue weighted by Gasteiger charge is -2.19. The maximum atomic E-state index is 13.6. The summed E-state index contributed by atoms with van der Waals surface area (Å²) in [5.74, 6) is -10.6. The van der Waals surface area contributed by atoms with E-state index in [0.717, 1.165) is 5.56 Å². The molecule has 0 atom stereocenters. The number of benzene rings is 3. The van der Waals surface area contributed by atoms with Gasteiger partial charge >= 0.3 is 0 Å². The summed E-state index contributed by atoms with van der Waals surface area (Å²) in [5, 5.41) is 3.29. The highest BCUT2D eigenvalue weighted by atomic mass is 19.2. The summed E-state index contributed by atoms with van der Waals surface area (Å²) >= 11 is 0. The number of amides is 1. The predicted molar refractivity (Wildman–Crippen MR) is 117 cm³/mol. The first-order valence-electron chi connectivity index (χ1n) is 10.2. The second kappa shape index (κ2) is 10.0. The van der Waals surface area contributed by atoms with Crippen molar-refractivity contribution in [2.45, 2.75) is 32.8 Å². The van der Waals surface area contributed by atoms with E-state index in [1.165, 1.54) is 17.7 Å². The Balaban J connectivity index is 1.59. The second-order valence-corrected chi connectivity index (χ2v) is 8.44. The Hall–Kier alpha value is -3.75. The zero-order valence-corrected chi connectivity index (χ0v) is 18.6. The minimum absolute atomic E-state index is 0.0344. The third kappa shape index (κ3) is 5.59. The Morgan fingerprint density at radius 1 is 0.853 bits per heavy atom. The molecular formula is C25H21F5N2O2. The Morgan fingerprint density at radius 2 is 1.38 bits per heavy atom. The van der Waals surface area contributed by atoms with E-state index >= 15 is 0 Å². The SMILES string of the molecule is CC(C)(C)c1ccc(OCc2ccc(C(=O)N/N=C/c3c(F)c(F)c(F)c(F)c3F)cc2)cc1. The summed E-state index contributed by atoms with van der Waals surface area (Å²) in [5.41, 5.74) is 2.87.